The molecule has 0 aromatic carbocycles. The van der Waals surface area contributed by atoms with Crippen molar-refractivity contribution in [3.8, 4) is 6.07 Å². The molecule has 0 amide bonds. The average Bonchev–Trinajstić information content (AvgIpc) is 2.45. The average molecular weight is 232 g/mol. The number of β-amino-alcohol motifs (C(OH)–C–C–N with tert-alkyl or cyclic N) is 1. The molecule has 5 heteroatoms. The summed E-state index contributed by atoms with van der Waals surface area (Å²) >= 11 is 5.79. The van der Waals surface area contributed by atoms with Gasteiger partial charge in [-0.1, -0.05) is 0 Å². The van der Waals surface area contributed by atoms with Crippen molar-refractivity contribution in [1.29, 1.82) is 5.26 Å². The third-order valence-electron chi connectivity index (χ3n) is 2.66. The summed E-state index contributed by atoms with van der Waals surface area (Å²) in [4.78, 5) is 4.47. The van der Waals surface area contributed by atoms with Crippen LogP contribution in [0.15, 0.2) is 0 Å². The normalized spacial score (nSPS) is 21.9. The molecule has 1 N–H and O–H groups in total. The lowest BCUT2D eigenvalue weighted by Gasteiger charge is -2.21. The molecule has 4 nitrogen and oxygen atoms in total. The van der Waals surface area contributed by atoms with E-state index in [0.29, 0.717) is 6.54 Å². The molecule has 0 bridgehead atoms. The second kappa shape index (κ2) is 7.02. The summed E-state index contributed by atoms with van der Waals surface area (Å²) in [6.45, 7) is 5.52. The van der Waals surface area contributed by atoms with Gasteiger partial charge in [0.2, 0.25) is 0 Å². The Balaban J connectivity index is 2.29. The number of aliphatic hydroxyl groups is 1. The minimum atomic E-state index is -0.408. The molecule has 0 aromatic rings. The van der Waals surface area contributed by atoms with Crippen LogP contribution in [0.2, 0.25) is 0 Å². The van der Waals surface area contributed by atoms with E-state index in [-0.39, 0.29) is 6.61 Å². The maximum absolute atomic E-state index is 8.84. The molecule has 1 aliphatic rings. The van der Waals surface area contributed by atoms with Crippen molar-refractivity contribution in [2.45, 2.75) is 11.8 Å². The van der Waals surface area contributed by atoms with Crippen LogP contribution >= 0.6 is 11.6 Å². The second-order valence-corrected chi connectivity index (χ2v) is 4.34. The van der Waals surface area contributed by atoms with Crippen LogP contribution in [0.25, 0.3) is 0 Å². The van der Waals surface area contributed by atoms with Gasteiger partial charge < -0.3 is 5.11 Å². The summed E-state index contributed by atoms with van der Waals surface area (Å²) in [6, 6.07) is 2.04. The van der Waals surface area contributed by atoms with E-state index in [1.807, 2.05) is 6.07 Å². The van der Waals surface area contributed by atoms with Gasteiger partial charge in [0.05, 0.1) is 12.7 Å². The molecule has 1 saturated heterocycles. The van der Waals surface area contributed by atoms with E-state index in [1.54, 1.807) is 0 Å². The van der Waals surface area contributed by atoms with Crippen LogP contribution in [0, 0.1) is 11.3 Å². The molecule has 1 unspecified atom stereocenters. The molecule has 0 spiro atoms. The zero-order valence-electron chi connectivity index (χ0n) is 8.90. The molecule has 1 rings (SSSR count). The highest BCUT2D eigenvalue weighted by atomic mass is 35.5. The third kappa shape index (κ3) is 4.80. The Morgan fingerprint density at radius 1 is 1.27 bits per heavy atom. The monoisotopic (exact) mass is 231 g/mol. The van der Waals surface area contributed by atoms with Crippen LogP contribution in [0.4, 0.5) is 0 Å². The van der Waals surface area contributed by atoms with Crippen LogP contribution in [0.1, 0.15) is 6.42 Å². The van der Waals surface area contributed by atoms with Gasteiger partial charge in [-0.2, -0.15) is 5.26 Å². The Kier molecular flexibility index (Phi) is 5.96. The van der Waals surface area contributed by atoms with Crippen LogP contribution in [-0.2, 0) is 0 Å². The predicted molar refractivity (Wildman–Crippen MR) is 59.8 cm³/mol. The first kappa shape index (κ1) is 12.7. The number of hydrogen-bond acceptors (Lipinski definition) is 4. The molecule has 1 fully saturated rings. The lowest BCUT2D eigenvalue weighted by Crippen LogP contribution is -2.34. The van der Waals surface area contributed by atoms with Crippen molar-refractivity contribution in [3.05, 3.63) is 0 Å². The van der Waals surface area contributed by atoms with E-state index in [2.05, 4.69) is 9.80 Å². The van der Waals surface area contributed by atoms with E-state index < -0.39 is 5.38 Å². The maximum atomic E-state index is 8.84. The van der Waals surface area contributed by atoms with Gasteiger partial charge in [-0.15, -0.1) is 11.6 Å². The second-order valence-electron chi connectivity index (χ2n) is 3.82. The fourth-order valence-electron chi connectivity index (χ4n) is 1.84. The topological polar surface area (TPSA) is 50.5 Å². The first-order valence-electron chi connectivity index (χ1n) is 5.35. The highest BCUT2D eigenvalue weighted by Crippen LogP contribution is 2.05. The van der Waals surface area contributed by atoms with Crippen LogP contribution < -0.4 is 0 Å². The smallest absolute Gasteiger partial charge is 0.133 e. The van der Waals surface area contributed by atoms with Gasteiger partial charge in [-0.25, -0.2) is 0 Å². The van der Waals surface area contributed by atoms with E-state index in [1.165, 1.54) is 0 Å². The highest BCUT2D eigenvalue weighted by molar-refractivity contribution is 6.22. The molecule has 0 aliphatic carbocycles. The van der Waals surface area contributed by atoms with Crippen molar-refractivity contribution in [1.82, 2.24) is 9.80 Å². The Bertz CT molecular complexity index is 219. The van der Waals surface area contributed by atoms with E-state index in [9.17, 15) is 0 Å². The Morgan fingerprint density at radius 3 is 2.60 bits per heavy atom. The summed E-state index contributed by atoms with van der Waals surface area (Å²) in [7, 11) is 0. The molecule has 0 saturated carbocycles. The quantitative estimate of drug-likeness (QED) is 0.699. The third-order valence-corrected chi connectivity index (χ3v) is 2.89. The Labute approximate surface area is 96.0 Å². The van der Waals surface area contributed by atoms with Crippen LogP contribution in [-0.4, -0.2) is 66.2 Å². The molecule has 0 radical (unpaired) electrons. The lowest BCUT2D eigenvalue weighted by atomic mass is 10.3. The first-order valence-corrected chi connectivity index (χ1v) is 5.79. The zero-order chi connectivity index (χ0) is 11.1. The number of hydrogen-bond donors (Lipinski definition) is 1. The van der Waals surface area contributed by atoms with Crippen molar-refractivity contribution in [3.63, 3.8) is 0 Å². The molecular formula is C10H18ClN3O. The van der Waals surface area contributed by atoms with E-state index in [4.69, 9.17) is 22.0 Å². The van der Waals surface area contributed by atoms with Gasteiger partial charge in [0.1, 0.15) is 5.38 Å². The standard InChI is InChI=1S/C10H18ClN3O/c11-10(8-12)9-14-3-1-2-13(4-5-14)6-7-15/h10,15H,1-7,9H2. The Morgan fingerprint density at radius 2 is 1.93 bits per heavy atom. The minimum Gasteiger partial charge on any atom is -0.395 e. The summed E-state index contributed by atoms with van der Waals surface area (Å²) < 4.78 is 0. The van der Waals surface area contributed by atoms with Crippen LogP contribution in [0.3, 0.4) is 0 Å². The number of aliphatic hydroxyl groups excluding tert-OH is 1. The van der Waals surface area contributed by atoms with Crippen molar-refractivity contribution < 1.29 is 5.11 Å². The molecule has 86 valence electrons. The molecular weight excluding hydrogens is 214 g/mol. The summed E-state index contributed by atoms with van der Waals surface area (Å²) in [5, 5.41) is 17.1. The number of alkyl halides is 1. The van der Waals surface area contributed by atoms with Gasteiger partial charge in [-0.3, -0.25) is 9.80 Å². The molecule has 1 heterocycles. The lowest BCUT2D eigenvalue weighted by molar-refractivity contribution is 0.197. The van der Waals surface area contributed by atoms with Crippen LogP contribution in [0.5, 0.6) is 0 Å². The van der Waals surface area contributed by atoms with E-state index in [0.717, 1.165) is 39.1 Å². The fourth-order valence-corrected chi connectivity index (χ4v) is 2.03. The summed E-state index contributed by atoms with van der Waals surface area (Å²) in [5.41, 5.74) is 0. The van der Waals surface area contributed by atoms with Gasteiger partial charge >= 0.3 is 0 Å². The van der Waals surface area contributed by atoms with Crippen molar-refractivity contribution in [2.24, 2.45) is 0 Å². The molecule has 0 aromatic heterocycles. The maximum Gasteiger partial charge on any atom is 0.133 e. The van der Waals surface area contributed by atoms with Gasteiger partial charge in [-0.05, 0) is 19.5 Å². The fraction of sp³-hybridized carbons (Fsp3) is 0.900. The molecule has 1 aliphatic heterocycles. The first-order chi connectivity index (χ1) is 7.26. The SMILES string of the molecule is N#CC(Cl)CN1CCCN(CCO)CC1. The predicted octanol–water partition coefficient (Wildman–Crippen LogP) is 0.117. The molecule has 1 atom stereocenters. The summed E-state index contributed by atoms with van der Waals surface area (Å²) in [6.07, 6.45) is 1.08. The minimum absolute atomic E-state index is 0.219. The number of halogens is 1. The van der Waals surface area contributed by atoms with Gasteiger partial charge in [0.25, 0.3) is 0 Å². The van der Waals surface area contributed by atoms with E-state index >= 15 is 0 Å². The zero-order valence-corrected chi connectivity index (χ0v) is 9.66. The van der Waals surface area contributed by atoms with Gasteiger partial charge in [0, 0.05) is 26.2 Å². The van der Waals surface area contributed by atoms with Gasteiger partial charge in [0.15, 0.2) is 0 Å². The largest absolute Gasteiger partial charge is 0.395 e. The number of rotatable bonds is 4. The number of nitrogens with zero attached hydrogens (tertiary/aromatic N) is 3. The molecule has 15 heavy (non-hydrogen) atoms. The highest BCUT2D eigenvalue weighted by Gasteiger charge is 2.16. The van der Waals surface area contributed by atoms with Crippen molar-refractivity contribution >= 4 is 11.6 Å². The van der Waals surface area contributed by atoms with Crippen molar-refractivity contribution in [2.75, 3.05) is 45.9 Å². The summed E-state index contributed by atoms with van der Waals surface area (Å²) in [5.74, 6) is 0. The Hall–Kier alpha value is -0.340. The number of nitriles is 1.